The Labute approximate surface area is 196 Å². The van der Waals surface area contributed by atoms with Crippen LogP contribution in [0.15, 0.2) is 59.8 Å². The van der Waals surface area contributed by atoms with E-state index in [-0.39, 0.29) is 5.69 Å². The maximum Gasteiger partial charge on any atom is 0.341 e. The van der Waals surface area contributed by atoms with Gasteiger partial charge in [0.1, 0.15) is 12.9 Å². The lowest BCUT2D eigenvalue weighted by Gasteiger charge is -2.17. The highest BCUT2D eigenvalue weighted by Gasteiger charge is 2.15. The van der Waals surface area contributed by atoms with Crippen LogP contribution in [0, 0.1) is 0 Å². The molecule has 0 radical (unpaired) electrons. The van der Waals surface area contributed by atoms with Crippen LogP contribution < -0.4 is 15.2 Å². The van der Waals surface area contributed by atoms with Crippen molar-refractivity contribution in [2.75, 3.05) is 33.4 Å². The summed E-state index contributed by atoms with van der Waals surface area (Å²) >= 11 is 6.01. The van der Waals surface area contributed by atoms with Crippen LogP contribution in [-0.4, -0.2) is 57.2 Å². The zero-order valence-corrected chi connectivity index (χ0v) is 19.0. The first-order valence-electron chi connectivity index (χ1n) is 10.9. The van der Waals surface area contributed by atoms with E-state index in [1.165, 1.54) is 28.1 Å². The van der Waals surface area contributed by atoms with Gasteiger partial charge in [-0.2, -0.15) is 0 Å². The minimum atomic E-state index is -0.285. The van der Waals surface area contributed by atoms with Gasteiger partial charge in [0.2, 0.25) is 5.78 Å². The van der Waals surface area contributed by atoms with Gasteiger partial charge in [-0.25, -0.2) is 19.2 Å². The number of hydrogen-bond donors (Lipinski definition) is 0. The second-order valence-corrected chi connectivity index (χ2v) is 8.35. The molecular weight excluding hydrogens is 442 g/mol. The summed E-state index contributed by atoms with van der Waals surface area (Å²) in [4.78, 5) is 24.4. The molecule has 2 aromatic carbocycles. The molecule has 1 saturated heterocycles. The van der Waals surface area contributed by atoms with Crippen molar-refractivity contribution in [2.45, 2.75) is 12.8 Å². The van der Waals surface area contributed by atoms with Gasteiger partial charge in [-0.15, -0.1) is 0 Å². The first kappa shape index (κ1) is 21.5. The second-order valence-electron chi connectivity index (χ2n) is 7.92. The summed E-state index contributed by atoms with van der Waals surface area (Å²) in [6.07, 6.45) is 5.61. The van der Waals surface area contributed by atoms with E-state index in [9.17, 15) is 4.79 Å². The number of methoxy groups -OCH3 is 1. The molecular formula is C24H24ClN5O3. The monoisotopic (exact) mass is 465 g/mol. The van der Waals surface area contributed by atoms with Crippen LogP contribution in [0.2, 0.25) is 5.02 Å². The Morgan fingerprint density at radius 1 is 1.03 bits per heavy atom. The summed E-state index contributed by atoms with van der Waals surface area (Å²) in [7, 11) is 1.59. The number of halogens is 1. The molecule has 1 aliphatic rings. The molecule has 9 heteroatoms. The topological polar surface area (TPSA) is 73.9 Å². The molecule has 0 unspecified atom stereocenters. The molecule has 5 rings (SSSR count). The van der Waals surface area contributed by atoms with Crippen LogP contribution in [0.5, 0.6) is 11.5 Å². The molecule has 2 aromatic heterocycles. The summed E-state index contributed by atoms with van der Waals surface area (Å²) in [5.41, 5.74) is 1.80. The number of imidazole rings is 1. The summed E-state index contributed by atoms with van der Waals surface area (Å²) in [5, 5.41) is 0.623. The minimum absolute atomic E-state index is 0.285. The number of fused-ring (bicyclic) bond motifs is 1. The fourth-order valence-corrected chi connectivity index (χ4v) is 4.23. The number of benzene rings is 2. The maximum atomic E-state index is 13.4. The van der Waals surface area contributed by atoms with Crippen LogP contribution in [0.25, 0.3) is 22.7 Å². The van der Waals surface area contributed by atoms with Gasteiger partial charge in [0, 0.05) is 23.2 Å². The van der Waals surface area contributed by atoms with E-state index in [0.717, 1.165) is 25.2 Å². The van der Waals surface area contributed by atoms with Crippen LogP contribution >= 0.6 is 11.6 Å². The zero-order chi connectivity index (χ0) is 22.8. The van der Waals surface area contributed by atoms with E-state index in [1.807, 2.05) is 24.3 Å². The van der Waals surface area contributed by atoms with Gasteiger partial charge in [0.05, 0.1) is 24.7 Å². The molecule has 8 nitrogen and oxygen atoms in total. The van der Waals surface area contributed by atoms with Crippen molar-refractivity contribution in [1.82, 2.24) is 23.8 Å². The molecule has 4 aromatic rings. The lowest BCUT2D eigenvalue weighted by Crippen LogP contribution is -2.26. The van der Waals surface area contributed by atoms with Gasteiger partial charge in [0.15, 0.2) is 11.5 Å². The highest BCUT2D eigenvalue weighted by molar-refractivity contribution is 6.30. The highest BCUT2D eigenvalue weighted by Crippen LogP contribution is 2.29. The second kappa shape index (κ2) is 9.25. The van der Waals surface area contributed by atoms with Gasteiger partial charge in [0.25, 0.3) is 0 Å². The molecule has 0 saturated carbocycles. The van der Waals surface area contributed by atoms with Crippen molar-refractivity contribution in [2.24, 2.45) is 0 Å². The first-order chi connectivity index (χ1) is 16.1. The van der Waals surface area contributed by atoms with E-state index in [4.69, 9.17) is 21.1 Å². The van der Waals surface area contributed by atoms with Crippen molar-refractivity contribution in [1.29, 1.82) is 0 Å². The molecule has 170 valence electrons. The van der Waals surface area contributed by atoms with Crippen LogP contribution in [-0.2, 0) is 0 Å². The summed E-state index contributed by atoms with van der Waals surface area (Å²) in [5.74, 6) is 1.53. The van der Waals surface area contributed by atoms with Gasteiger partial charge in [-0.3, -0.25) is 9.47 Å². The standard InChI is InChI=1S/C24H24ClN5O3/c1-32-22-14-19(8-9-21(22)33-13-12-28-10-2-3-11-28)29-16-27-23-26-15-20(30(23)24(29)31)17-4-6-18(25)7-5-17/h4-9,14-16H,2-3,10-13H2,1H3. The Bertz CT molecular complexity index is 1330. The van der Waals surface area contributed by atoms with Gasteiger partial charge in [-0.05, 0) is 50.2 Å². The molecule has 3 heterocycles. The fourth-order valence-electron chi connectivity index (χ4n) is 4.11. The summed E-state index contributed by atoms with van der Waals surface area (Å²) in [6, 6.07) is 12.7. The largest absolute Gasteiger partial charge is 0.493 e. The Morgan fingerprint density at radius 2 is 1.82 bits per heavy atom. The Hall–Kier alpha value is -3.36. The summed E-state index contributed by atoms with van der Waals surface area (Å²) < 4.78 is 14.4. The van der Waals surface area contributed by atoms with Gasteiger partial charge >= 0.3 is 5.69 Å². The Kier molecular flexibility index (Phi) is 6.02. The van der Waals surface area contributed by atoms with Gasteiger partial charge in [-0.1, -0.05) is 23.7 Å². The number of rotatable bonds is 7. The molecule has 33 heavy (non-hydrogen) atoms. The van der Waals surface area contributed by atoms with E-state index in [2.05, 4.69) is 14.9 Å². The van der Waals surface area contributed by atoms with E-state index in [1.54, 1.807) is 31.5 Å². The average Bonchev–Trinajstić information content (AvgIpc) is 3.51. The predicted octanol–water partition coefficient (Wildman–Crippen LogP) is 3.68. The fraction of sp³-hybridized carbons (Fsp3) is 0.292. The van der Waals surface area contributed by atoms with Crippen molar-refractivity contribution in [3.63, 3.8) is 0 Å². The maximum absolute atomic E-state index is 13.4. The molecule has 0 bridgehead atoms. The third-order valence-corrected chi connectivity index (χ3v) is 6.11. The molecule has 1 fully saturated rings. The predicted molar refractivity (Wildman–Crippen MR) is 127 cm³/mol. The molecule has 0 amide bonds. The molecule has 1 aliphatic heterocycles. The molecule has 0 atom stereocenters. The number of aromatic nitrogens is 4. The third kappa shape index (κ3) is 4.31. The first-order valence-corrected chi connectivity index (χ1v) is 11.3. The van der Waals surface area contributed by atoms with Crippen LogP contribution in [0.3, 0.4) is 0 Å². The van der Waals surface area contributed by atoms with E-state index in [0.29, 0.717) is 40.3 Å². The third-order valence-electron chi connectivity index (χ3n) is 5.86. The SMILES string of the molecule is COc1cc(-n2cnc3ncc(-c4ccc(Cl)cc4)n3c2=O)ccc1OCCN1CCCC1. The number of nitrogens with zero attached hydrogens (tertiary/aromatic N) is 5. The molecule has 0 N–H and O–H groups in total. The van der Waals surface area contributed by atoms with E-state index < -0.39 is 0 Å². The lowest BCUT2D eigenvalue weighted by molar-refractivity contribution is 0.230. The molecule has 0 spiro atoms. The van der Waals surface area contributed by atoms with Crippen molar-refractivity contribution >= 4 is 17.4 Å². The number of likely N-dealkylation sites (tertiary alicyclic amines) is 1. The summed E-state index contributed by atoms with van der Waals surface area (Å²) in [6.45, 7) is 3.73. The average molecular weight is 466 g/mol. The smallest absolute Gasteiger partial charge is 0.341 e. The number of ether oxygens (including phenoxy) is 2. The zero-order valence-electron chi connectivity index (χ0n) is 18.3. The van der Waals surface area contributed by atoms with Gasteiger partial charge < -0.3 is 9.47 Å². The molecule has 0 aliphatic carbocycles. The normalized spacial score (nSPS) is 14.1. The minimum Gasteiger partial charge on any atom is -0.493 e. The quantitative estimate of drug-likeness (QED) is 0.414. The Morgan fingerprint density at radius 3 is 2.58 bits per heavy atom. The van der Waals surface area contributed by atoms with Crippen molar-refractivity contribution in [3.8, 4) is 28.4 Å². The lowest BCUT2D eigenvalue weighted by atomic mass is 10.2. The van der Waals surface area contributed by atoms with E-state index >= 15 is 0 Å². The Balaban J connectivity index is 1.45. The van der Waals surface area contributed by atoms with Crippen molar-refractivity contribution < 1.29 is 9.47 Å². The van der Waals surface area contributed by atoms with Crippen LogP contribution in [0.1, 0.15) is 12.8 Å². The highest BCUT2D eigenvalue weighted by atomic mass is 35.5. The number of hydrogen-bond acceptors (Lipinski definition) is 6. The van der Waals surface area contributed by atoms with Crippen LogP contribution in [0.4, 0.5) is 0 Å². The van der Waals surface area contributed by atoms with Crippen molar-refractivity contribution in [3.05, 3.63) is 70.5 Å².